The largest absolute Gasteiger partial charge is 0.444 e. The van der Waals surface area contributed by atoms with Crippen LogP contribution in [0.3, 0.4) is 0 Å². The fourth-order valence-electron chi connectivity index (χ4n) is 4.83. The molecule has 1 aliphatic heterocycles. The summed E-state index contributed by atoms with van der Waals surface area (Å²) in [5, 5.41) is 6.27. The minimum Gasteiger partial charge on any atom is -0.444 e. The molecule has 3 aromatic heterocycles. The first-order valence-corrected chi connectivity index (χ1v) is 14.7. The summed E-state index contributed by atoms with van der Waals surface area (Å²) in [6.45, 7) is 9.83. The number of hydrogen-bond donors (Lipinski definition) is 2. The number of amides is 2. The van der Waals surface area contributed by atoms with Crippen molar-refractivity contribution in [2.45, 2.75) is 39.7 Å². The van der Waals surface area contributed by atoms with Gasteiger partial charge in [-0.1, -0.05) is 37.3 Å². The molecule has 0 radical (unpaired) electrons. The molecule has 4 heterocycles. The van der Waals surface area contributed by atoms with Gasteiger partial charge in [0.2, 0.25) is 5.91 Å². The highest BCUT2D eigenvalue weighted by atomic mass is 16.6. The summed E-state index contributed by atoms with van der Waals surface area (Å²) < 4.78 is 5.53. The van der Waals surface area contributed by atoms with Crippen molar-refractivity contribution in [1.29, 1.82) is 0 Å². The fourth-order valence-corrected chi connectivity index (χ4v) is 4.83. The van der Waals surface area contributed by atoms with Gasteiger partial charge < -0.3 is 25.2 Å². The predicted molar refractivity (Wildman–Crippen MR) is 171 cm³/mol. The number of rotatable bonds is 8. The van der Waals surface area contributed by atoms with Gasteiger partial charge in [0.15, 0.2) is 0 Å². The number of hydrogen-bond acceptors (Lipinski definition) is 9. The van der Waals surface area contributed by atoms with Crippen molar-refractivity contribution in [3.63, 3.8) is 0 Å². The average molecular weight is 595 g/mol. The molecule has 1 saturated heterocycles. The number of carbonyl (C=O) groups excluding carboxylic acids is 2. The van der Waals surface area contributed by atoms with E-state index in [1.165, 1.54) is 0 Å². The third-order valence-corrected chi connectivity index (χ3v) is 7.04. The number of aromatic nitrogens is 4. The summed E-state index contributed by atoms with van der Waals surface area (Å²) in [5.41, 5.74) is 2.66. The number of benzene rings is 1. The number of carbonyl (C=O) groups is 2. The Morgan fingerprint density at radius 1 is 0.932 bits per heavy atom. The van der Waals surface area contributed by atoms with E-state index < -0.39 is 5.60 Å². The van der Waals surface area contributed by atoms with Gasteiger partial charge in [-0.15, -0.1) is 0 Å². The van der Waals surface area contributed by atoms with Gasteiger partial charge in [0, 0.05) is 68.0 Å². The standard InChI is InChI=1S/C33H38N8O3/c1-23(18-24-8-6-5-7-9-24)31(42)37-26-20-27(38-28(21-26)39-29-22-34-12-13-35-29)25-10-11-36-30(19-25)40-14-16-41(17-15-40)32(43)44-33(2,3)4/h5-13,19-23H,14-18H2,1-4H3,(H2,35,37,38,39,42). The molecule has 44 heavy (non-hydrogen) atoms. The normalized spacial score (nSPS) is 14.1. The molecule has 1 aromatic carbocycles. The van der Waals surface area contributed by atoms with Gasteiger partial charge >= 0.3 is 6.09 Å². The Kier molecular flexibility index (Phi) is 9.32. The van der Waals surface area contributed by atoms with Crippen molar-refractivity contribution in [3.8, 4) is 11.3 Å². The van der Waals surface area contributed by atoms with Crippen LogP contribution in [0.1, 0.15) is 33.3 Å². The van der Waals surface area contributed by atoms with E-state index in [2.05, 4.69) is 30.5 Å². The van der Waals surface area contributed by atoms with Crippen LogP contribution < -0.4 is 15.5 Å². The molecule has 0 saturated carbocycles. The highest BCUT2D eigenvalue weighted by molar-refractivity contribution is 5.93. The van der Waals surface area contributed by atoms with E-state index in [-0.39, 0.29) is 17.9 Å². The molecule has 2 amide bonds. The zero-order chi connectivity index (χ0) is 31.1. The lowest BCUT2D eigenvalue weighted by Crippen LogP contribution is -2.50. The Balaban J connectivity index is 1.35. The minimum atomic E-state index is -0.536. The van der Waals surface area contributed by atoms with Gasteiger partial charge in [-0.3, -0.25) is 9.78 Å². The Morgan fingerprint density at radius 2 is 1.70 bits per heavy atom. The van der Waals surface area contributed by atoms with Crippen LogP contribution in [0.25, 0.3) is 11.3 Å². The van der Waals surface area contributed by atoms with Gasteiger partial charge in [-0.2, -0.15) is 0 Å². The third kappa shape index (κ3) is 8.27. The van der Waals surface area contributed by atoms with Crippen molar-refractivity contribution in [3.05, 3.63) is 84.9 Å². The van der Waals surface area contributed by atoms with Gasteiger partial charge in [0.25, 0.3) is 0 Å². The van der Waals surface area contributed by atoms with Crippen molar-refractivity contribution in [2.24, 2.45) is 5.92 Å². The van der Waals surface area contributed by atoms with Crippen LogP contribution in [0.2, 0.25) is 0 Å². The van der Waals surface area contributed by atoms with Crippen LogP contribution in [-0.4, -0.2) is 68.6 Å². The second-order valence-electron chi connectivity index (χ2n) is 11.8. The molecule has 0 spiro atoms. The highest BCUT2D eigenvalue weighted by Gasteiger charge is 2.26. The van der Waals surface area contributed by atoms with E-state index in [9.17, 15) is 9.59 Å². The summed E-state index contributed by atoms with van der Waals surface area (Å²) >= 11 is 0. The van der Waals surface area contributed by atoms with E-state index in [4.69, 9.17) is 9.72 Å². The second-order valence-corrected chi connectivity index (χ2v) is 11.8. The van der Waals surface area contributed by atoms with Crippen LogP contribution in [0.4, 0.5) is 27.9 Å². The topological polar surface area (TPSA) is 125 Å². The number of ether oxygens (including phenoxy) is 1. The number of nitrogens with zero attached hydrogens (tertiary/aromatic N) is 6. The average Bonchev–Trinajstić information content (AvgIpc) is 3.01. The Morgan fingerprint density at radius 3 is 2.41 bits per heavy atom. The van der Waals surface area contributed by atoms with Crippen molar-refractivity contribution >= 4 is 35.1 Å². The molecule has 1 unspecified atom stereocenters. The van der Waals surface area contributed by atoms with Gasteiger partial charge in [-0.25, -0.2) is 19.7 Å². The maximum absolute atomic E-state index is 13.2. The lowest BCUT2D eigenvalue weighted by Gasteiger charge is -2.36. The van der Waals surface area contributed by atoms with E-state index >= 15 is 0 Å². The van der Waals surface area contributed by atoms with Crippen LogP contribution in [-0.2, 0) is 16.0 Å². The lowest BCUT2D eigenvalue weighted by atomic mass is 10.0. The van der Waals surface area contributed by atoms with E-state index in [0.717, 1.165) is 16.9 Å². The molecule has 0 aliphatic carbocycles. The zero-order valence-corrected chi connectivity index (χ0v) is 25.5. The van der Waals surface area contributed by atoms with Crippen LogP contribution >= 0.6 is 0 Å². The molecule has 11 heteroatoms. The quantitative estimate of drug-likeness (QED) is 0.270. The maximum Gasteiger partial charge on any atom is 0.410 e. The summed E-state index contributed by atoms with van der Waals surface area (Å²) in [4.78, 5) is 47.5. The molecular formula is C33H38N8O3. The molecule has 5 rings (SSSR count). The number of anilines is 4. The Hall–Kier alpha value is -5.06. The van der Waals surface area contributed by atoms with Crippen molar-refractivity contribution in [2.75, 3.05) is 41.7 Å². The monoisotopic (exact) mass is 594 g/mol. The summed E-state index contributed by atoms with van der Waals surface area (Å²) in [5.74, 6) is 1.50. The predicted octanol–water partition coefficient (Wildman–Crippen LogP) is 5.55. The van der Waals surface area contributed by atoms with Gasteiger partial charge in [0.1, 0.15) is 23.1 Å². The number of pyridine rings is 2. The molecule has 228 valence electrons. The molecule has 1 aliphatic rings. The zero-order valence-electron chi connectivity index (χ0n) is 25.5. The minimum absolute atomic E-state index is 0.0882. The Bertz CT molecular complexity index is 1570. The van der Waals surface area contributed by atoms with Crippen LogP contribution in [0.5, 0.6) is 0 Å². The molecule has 1 fully saturated rings. The first-order chi connectivity index (χ1) is 21.1. The summed E-state index contributed by atoms with van der Waals surface area (Å²) in [6.07, 6.45) is 6.87. The fraction of sp³-hybridized carbons (Fsp3) is 0.333. The van der Waals surface area contributed by atoms with E-state index in [1.807, 2.05) is 76.2 Å². The smallest absolute Gasteiger partial charge is 0.410 e. The molecule has 1 atom stereocenters. The molecular weight excluding hydrogens is 556 g/mol. The van der Waals surface area contributed by atoms with Gasteiger partial charge in [-0.05, 0) is 51.0 Å². The first-order valence-electron chi connectivity index (χ1n) is 14.7. The molecule has 2 N–H and O–H groups in total. The molecule has 11 nitrogen and oxygen atoms in total. The summed E-state index contributed by atoms with van der Waals surface area (Å²) in [7, 11) is 0. The third-order valence-electron chi connectivity index (χ3n) is 7.04. The SMILES string of the molecule is CC(Cc1ccccc1)C(=O)Nc1cc(Nc2cnccn2)nc(-c2ccnc(N3CCN(C(=O)OC(C)(C)C)CC3)c2)c1. The van der Waals surface area contributed by atoms with Crippen molar-refractivity contribution < 1.29 is 14.3 Å². The molecule has 4 aromatic rings. The van der Waals surface area contributed by atoms with E-state index in [1.54, 1.807) is 35.8 Å². The van der Waals surface area contributed by atoms with E-state index in [0.29, 0.717) is 55.6 Å². The van der Waals surface area contributed by atoms with Crippen LogP contribution in [0, 0.1) is 5.92 Å². The molecule has 0 bridgehead atoms. The maximum atomic E-state index is 13.2. The first kappa shape index (κ1) is 30.4. The van der Waals surface area contributed by atoms with Crippen LogP contribution in [0.15, 0.2) is 79.4 Å². The van der Waals surface area contributed by atoms with Crippen molar-refractivity contribution in [1.82, 2.24) is 24.8 Å². The summed E-state index contributed by atoms with van der Waals surface area (Å²) in [6, 6.07) is 17.5. The van der Waals surface area contributed by atoms with Gasteiger partial charge in [0.05, 0.1) is 11.9 Å². The lowest BCUT2D eigenvalue weighted by molar-refractivity contribution is -0.119. The Labute approximate surface area is 257 Å². The highest BCUT2D eigenvalue weighted by Crippen LogP contribution is 2.28. The second kappa shape index (κ2) is 13.5. The number of piperazine rings is 1. The number of nitrogens with one attached hydrogen (secondary N) is 2.